The number of fused-ring (bicyclic) bond motifs is 1. The minimum Gasteiger partial charge on any atom is -0.346 e. The summed E-state index contributed by atoms with van der Waals surface area (Å²) in [4.78, 5) is 18.3. The molecule has 1 amide bonds. The van der Waals surface area contributed by atoms with E-state index in [9.17, 15) is 30.8 Å². The van der Waals surface area contributed by atoms with Gasteiger partial charge in [0.05, 0.1) is 11.3 Å². The maximum absolute atomic E-state index is 14.9. The monoisotopic (exact) mass is 464 g/mol. The third kappa shape index (κ3) is 3.99. The molecule has 0 spiro atoms. The first-order chi connectivity index (χ1) is 15.2. The van der Waals surface area contributed by atoms with Gasteiger partial charge >= 0.3 is 0 Å². The van der Waals surface area contributed by atoms with Crippen molar-refractivity contribution < 1.29 is 30.8 Å². The van der Waals surface area contributed by atoms with Gasteiger partial charge in [-0.15, -0.1) is 0 Å². The van der Waals surface area contributed by atoms with Crippen LogP contribution in [0.25, 0.3) is 11.0 Å². The van der Waals surface area contributed by atoms with Crippen molar-refractivity contribution in [2.45, 2.75) is 4.90 Å². The third-order valence-corrected chi connectivity index (χ3v) is 5.82. The molecule has 0 atom stereocenters. The number of anilines is 2. The number of amides is 1. The molecule has 0 saturated heterocycles. The van der Waals surface area contributed by atoms with Crippen LogP contribution in [0.1, 0.15) is 10.4 Å². The highest BCUT2D eigenvalue weighted by atomic mass is 32.2. The van der Waals surface area contributed by atoms with Gasteiger partial charge in [0.15, 0.2) is 5.82 Å². The molecular weight excluding hydrogens is 452 g/mol. The number of carbonyl (C=O) groups excluding carboxylic acids is 1. The van der Waals surface area contributed by atoms with Crippen LogP contribution in [0.2, 0.25) is 0 Å². The number of rotatable bonds is 5. The van der Waals surface area contributed by atoms with E-state index in [0.29, 0.717) is 35.3 Å². The van der Waals surface area contributed by atoms with E-state index in [0.717, 1.165) is 6.07 Å². The standard InChI is InChI=1S/C20H12F4N4O3S/c21-12-1-4-16(14(23)8-12)32(30,31)28-15-3-2-13(22)18(17(15)24)27-20(29)11-7-10-5-6-25-19(10)26-9-11/h1-9,28H,(H,25,26)(H,27,29). The summed E-state index contributed by atoms with van der Waals surface area (Å²) in [5, 5.41) is 2.62. The summed E-state index contributed by atoms with van der Waals surface area (Å²) >= 11 is 0. The summed E-state index contributed by atoms with van der Waals surface area (Å²) < 4.78 is 82.5. The van der Waals surface area contributed by atoms with Gasteiger partial charge in [-0.1, -0.05) is 0 Å². The van der Waals surface area contributed by atoms with Gasteiger partial charge in [0.2, 0.25) is 0 Å². The molecule has 2 aromatic heterocycles. The van der Waals surface area contributed by atoms with Crippen molar-refractivity contribution in [3.8, 4) is 0 Å². The lowest BCUT2D eigenvalue weighted by atomic mass is 10.2. The summed E-state index contributed by atoms with van der Waals surface area (Å²) in [6.07, 6.45) is 2.78. The number of aromatic amines is 1. The Bertz CT molecular complexity index is 1470. The average molecular weight is 464 g/mol. The van der Waals surface area contributed by atoms with Gasteiger partial charge in [-0.2, -0.15) is 0 Å². The zero-order valence-electron chi connectivity index (χ0n) is 15.8. The fraction of sp³-hybridized carbons (Fsp3) is 0. The zero-order chi connectivity index (χ0) is 23.0. The average Bonchev–Trinajstić information content (AvgIpc) is 3.20. The number of hydrogen-bond acceptors (Lipinski definition) is 4. The summed E-state index contributed by atoms with van der Waals surface area (Å²) in [7, 11) is -4.69. The van der Waals surface area contributed by atoms with Crippen LogP contribution in [0.5, 0.6) is 0 Å². The number of benzene rings is 2. The van der Waals surface area contributed by atoms with E-state index in [4.69, 9.17) is 0 Å². The number of hydrogen-bond donors (Lipinski definition) is 3. The van der Waals surface area contributed by atoms with E-state index in [1.807, 2.05) is 5.32 Å². The van der Waals surface area contributed by atoms with Crippen molar-refractivity contribution in [1.29, 1.82) is 0 Å². The normalized spacial score (nSPS) is 11.5. The second-order valence-corrected chi connectivity index (χ2v) is 8.21. The molecule has 12 heteroatoms. The highest BCUT2D eigenvalue weighted by Gasteiger charge is 2.24. The number of pyridine rings is 1. The van der Waals surface area contributed by atoms with E-state index < -0.39 is 55.5 Å². The van der Waals surface area contributed by atoms with Crippen LogP contribution in [0.3, 0.4) is 0 Å². The molecule has 0 aliphatic rings. The molecule has 7 nitrogen and oxygen atoms in total. The summed E-state index contributed by atoms with van der Waals surface area (Å²) in [6.45, 7) is 0. The van der Waals surface area contributed by atoms with Gasteiger partial charge in [0.1, 0.15) is 33.7 Å². The molecule has 4 rings (SSSR count). The summed E-state index contributed by atoms with van der Waals surface area (Å²) in [6, 6.07) is 6.26. The molecule has 0 aliphatic carbocycles. The number of nitrogens with one attached hydrogen (secondary N) is 3. The van der Waals surface area contributed by atoms with Crippen LogP contribution >= 0.6 is 0 Å². The molecule has 3 N–H and O–H groups in total. The van der Waals surface area contributed by atoms with E-state index in [1.165, 1.54) is 12.3 Å². The largest absolute Gasteiger partial charge is 0.346 e. The second-order valence-electron chi connectivity index (χ2n) is 6.56. The molecule has 0 radical (unpaired) electrons. The SMILES string of the molecule is O=C(Nc1c(F)ccc(NS(=O)(=O)c2ccc(F)cc2F)c1F)c1cnc2[nH]ccc2c1. The van der Waals surface area contributed by atoms with Crippen molar-refractivity contribution in [1.82, 2.24) is 9.97 Å². The number of aromatic nitrogens is 2. The van der Waals surface area contributed by atoms with E-state index >= 15 is 0 Å². The predicted molar refractivity (Wildman–Crippen MR) is 108 cm³/mol. The first-order valence-electron chi connectivity index (χ1n) is 8.86. The Morgan fingerprint density at radius 3 is 2.50 bits per heavy atom. The van der Waals surface area contributed by atoms with Gasteiger partial charge < -0.3 is 10.3 Å². The van der Waals surface area contributed by atoms with Crippen molar-refractivity contribution >= 4 is 38.3 Å². The quantitative estimate of drug-likeness (QED) is 0.386. The summed E-state index contributed by atoms with van der Waals surface area (Å²) in [5.41, 5.74) is -1.19. The second kappa shape index (κ2) is 7.96. The molecule has 0 fully saturated rings. The molecule has 0 aliphatic heterocycles. The van der Waals surface area contributed by atoms with Crippen LogP contribution in [0.4, 0.5) is 28.9 Å². The number of sulfonamides is 1. The smallest absolute Gasteiger partial charge is 0.264 e. The molecular formula is C20H12F4N4O3S. The van der Waals surface area contributed by atoms with Crippen molar-refractivity contribution in [2.24, 2.45) is 0 Å². The van der Waals surface area contributed by atoms with Gasteiger partial charge in [0, 0.05) is 23.8 Å². The molecule has 0 bridgehead atoms. The lowest BCUT2D eigenvalue weighted by Crippen LogP contribution is -2.18. The highest BCUT2D eigenvalue weighted by molar-refractivity contribution is 7.92. The Hall–Kier alpha value is -3.93. The van der Waals surface area contributed by atoms with Crippen molar-refractivity contribution in [3.05, 3.63) is 83.7 Å². The Balaban J connectivity index is 1.64. The first-order valence-corrected chi connectivity index (χ1v) is 10.3. The number of halogens is 4. The predicted octanol–water partition coefficient (Wildman–Crippen LogP) is 4.17. The van der Waals surface area contributed by atoms with Crippen LogP contribution in [-0.2, 0) is 10.0 Å². The van der Waals surface area contributed by atoms with Crippen LogP contribution in [-0.4, -0.2) is 24.3 Å². The Morgan fingerprint density at radius 2 is 1.75 bits per heavy atom. The number of carbonyl (C=O) groups is 1. The minimum atomic E-state index is -4.69. The first kappa shape index (κ1) is 21.3. The van der Waals surface area contributed by atoms with E-state index in [1.54, 1.807) is 17.0 Å². The number of nitrogens with zero attached hydrogens (tertiary/aromatic N) is 1. The van der Waals surface area contributed by atoms with Crippen LogP contribution in [0, 0.1) is 23.3 Å². The van der Waals surface area contributed by atoms with Gasteiger partial charge in [-0.05, 0) is 36.4 Å². The van der Waals surface area contributed by atoms with E-state index in [2.05, 4.69) is 9.97 Å². The van der Waals surface area contributed by atoms with Crippen LogP contribution < -0.4 is 10.0 Å². The molecule has 164 valence electrons. The molecule has 2 aromatic carbocycles. The van der Waals surface area contributed by atoms with Crippen molar-refractivity contribution in [3.63, 3.8) is 0 Å². The maximum atomic E-state index is 14.9. The van der Waals surface area contributed by atoms with Crippen molar-refractivity contribution in [2.75, 3.05) is 10.0 Å². The Kier molecular flexibility index (Phi) is 5.30. The van der Waals surface area contributed by atoms with Crippen LogP contribution in [0.15, 0.2) is 59.8 Å². The molecule has 0 saturated carbocycles. The third-order valence-electron chi connectivity index (χ3n) is 4.42. The number of H-pyrrole nitrogens is 1. The molecule has 32 heavy (non-hydrogen) atoms. The molecule has 2 heterocycles. The summed E-state index contributed by atoms with van der Waals surface area (Å²) in [5.74, 6) is -5.93. The Morgan fingerprint density at radius 1 is 0.969 bits per heavy atom. The minimum absolute atomic E-state index is 0.00438. The topological polar surface area (TPSA) is 104 Å². The van der Waals surface area contributed by atoms with Gasteiger partial charge in [0.25, 0.3) is 15.9 Å². The lowest BCUT2D eigenvalue weighted by Gasteiger charge is -2.13. The lowest BCUT2D eigenvalue weighted by molar-refractivity contribution is 0.102. The maximum Gasteiger partial charge on any atom is 0.264 e. The Labute approximate surface area is 178 Å². The van der Waals surface area contributed by atoms with E-state index in [-0.39, 0.29) is 5.56 Å². The van der Waals surface area contributed by atoms with Gasteiger partial charge in [-0.25, -0.2) is 31.0 Å². The molecule has 4 aromatic rings. The highest BCUT2D eigenvalue weighted by Crippen LogP contribution is 2.29. The zero-order valence-corrected chi connectivity index (χ0v) is 16.6. The van der Waals surface area contributed by atoms with Gasteiger partial charge in [-0.3, -0.25) is 9.52 Å². The molecule has 0 unspecified atom stereocenters. The fourth-order valence-corrected chi connectivity index (χ4v) is 4.01. The fourth-order valence-electron chi connectivity index (χ4n) is 2.89.